The molecule has 0 radical (unpaired) electrons. The number of benzene rings is 1. The van der Waals surface area contributed by atoms with Crippen molar-refractivity contribution in [3.8, 4) is 0 Å². The molecule has 8 nitrogen and oxygen atoms in total. The summed E-state index contributed by atoms with van der Waals surface area (Å²) < 4.78 is 26.8. The molecule has 1 aromatic rings. The maximum atomic E-state index is 15.1. The number of fused-ring (bicyclic) bond motifs is 2. The van der Waals surface area contributed by atoms with E-state index in [9.17, 15) is 9.90 Å². The highest BCUT2D eigenvalue weighted by Crippen LogP contribution is 2.60. The zero-order chi connectivity index (χ0) is 35.2. The van der Waals surface area contributed by atoms with Gasteiger partial charge >= 0.3 is 5.97 Å². The van der Waals surface area contributed by atoms with Crippen molar-refractivity contribution in [1.29, 1.82) is 0 Å². The number of likely N-dealkylation sites (N-methyl/N-ethyl adjacent to an activating group) is 1. The van der Waals surface area contributed by atoms with E-state index in [0.717, 1.165) is 40.6 Å². The van der Waals surface area contributed by atoms with E-state index in [4.69, 9.17) is 18.9 Å². The van der Waals surface area contributed by atoms with Crippen LogP contribution in [0.15, 0.2) is 41.5 Å². The van der Waals surface area contributed by atoms with Crippen molar-refractivity contribution >= 4 is 58.8 Å². The van der Waals surface area contributed by atoms with Crippen LogP contribution in [0.25, 0.3) is 0 Å². The summed E-state index contributed by atoms with van der Waals surface area (Å²) in [6.07, 6.45) is 0.458. The number of quaternary nitrogens is 1. The smallest absolute Gasteiger partial charge is 0.338 e. The summed E-state index contributed by atoms with van der Waals surface area (Å²) in [5.41, 5.74) is -1.17. The summed E-state index contributed by atoms with van der Waals surface area (Å²) in [4.78, 5) is 29.3. The first-order chi connectivity index (χ1) is 23.2. The van der Waals surface area contributed by atoms with E-state index in [1.54, 1.807) is 35.7 Å². The Hall–Kier alpha value is -0.700. The van der Waals surface area contributed by atoms with Gasteiger partial charge in [0.2, 0.25) is 0 Å². The Morgan fingerprint density at radius 2 is 1.67 bits per heavy atom. The number of allylic oxidation sites excluding steroid dienone is 1. The van der Waals surface area contributed by atoms with Crippen molar-refractivity contribution in [2.24, 2.45) is 11.3 Å². The van der Waals surface area contributed by atoms with E-state index in [-0.39, 0.29) is 44.3 Å². The number of aliphatic hydroxyl groups is 1. The molecule has 3 saturated heterocycles. The van der Waals surface area contributed by atoms with Gasteiger partial charge in [-0.3, -0.25) is 4.79 Å². The lowest BCUT2D eigenvalue weighted by atomic mass is 9.51. The minimum atomic E-state index is -1.51. The number of ketones is 1. The third-order valence-electron chi connectivity index (χ3n) is 11.7. The van der Waals surface area contributed by atoms with Gasteiger partial charge in [0, 0.05) is 34.8 Å². The summed E-state index contributed by atoms with van der Waals surface area (Å²) in [6.45, 7) is 8.65. The molecule has 272 valence electrons. The van der Waals surface area contributed by atoms with E-state index in [2.05, 4.69) is 35.0 Å². The second-order valence-corrected chi connectivity index (χ2v) is 20.8. The monoisotopic (exact) mass is 752 g/mol. The van der Waals surface area contributed by atoms with Gasteiger partial charge in [-0.25, -0.2) is 4.79 Å². The Balaban J connectivity index is 1.48. The van der Waals surface area contributed by atoms with E-state index in [1.807, 2.05) is 55.6 Å². The number of esters is 1. The first-order valence-corrected chi connectivity index (χ1v) is 21.8. The lowest BCUT2D eigenvalue weighted by Gasteiger charge is -2.64. The highest BCUT2D eigenvalue weighted by Gasteiger charge is 2.73. The van der Waals surface area contributed by atoms with Gasteiger partial charge in [0.05, 0.1) is 57.9 Å². The fourth-order valence-electron chi connectivity index (χ4n) is 8.85. The molecule has 2 bridgehead atoms. The number of rotatable bonds is 11. The minimum Gasteiger partial charge on any atom is -0.449 e. The minimum absolute atomic E-state index is 0.0195. The number of carbonyl (C=O) groups is 2. The summed E-state index contributed by atoms with van der Waals surface area (Å²) in [6, 6.07) is 8.99. The summed E-state index contributed by atoms with van der Waals surface area (Å²) in [5, 5.41) is 13.5. The van der Waals surface area contributed by atoms with Gasteiger partial charge in [-0.15, -0.1) is 47.0 Å². The topological polar surface area (TPSA) is 91.3 Å². The lowest BCUT2D eigenvalue weighted by Crippen LogP contribution is -2.81. The molecule has 4 fully saturated rings. The number of carbonyl (C=O) groups excluding carboxylic acids is 2. The van der Waals surface area contributed by atoms with Crippen LogP contribution in [0.1, 0.15) is 70.2 Å². The van der Waals surface area contributed by atoms with Gasteiger partial charge in [0.25, 0.3) is 0 Å². The van der Waals surface area contributed by atoms with Crippen LogP contribution < -0.4 is 0 Å². The average Bonchev–Trinajstić information content (AvgIpc) is 3.76. The highest BCUT2D eigenvalue weighted by molar-refractivity contribution is 8.20. The Labute approximate surface area is 309 Å². The lowest BCUT2D eigenvalue weighted by molar-refractivity contribution is -0.936. The Kier molecular flexibility index (Phi) is 11.6. The third kappa shape index (κ3) is 7.05. The van der Waals surface area contributed by atoms with E-state index in [0.29, 0.717) is 31.4 Å². The van der Waals surface area contributed by atoms with Gasteiger partial charge in [-0.1, -0.05) is 44.5 Å². The first kappa shape index (κ1) is 38.0. The normalized spacial score (nSPS) is 34.7. The largest absolute Gasteiger partial charge is 0.449 e. The van der Waals surface area contributed by atoms with Crippen molar-refractivity contribution in [2.75, 3.05) is 50.8 Å². The number of thioether (sulfide) groups is 4. The molecule has 0 spiro atoms. The van der Waals surface area contributed by atoms with Gasteiger partial charge < -0.3 is 28.5 Å². The quantitative estimate of drug-likeness (QED) is 0.151. The fraction of sp³-hybridized carbons (Fsp3) is 0.730. The van der Waals surface area contributed by atoms with Gasteiger partial charge in [0.1, 0.15) is 16.5 Å². The molecule has 0 aromatic heterocycles. The zero-order valence-electron chi connectivity index (χ0n) is 30.0. The summed E-state index contributed by atoms with van der Waals surface area (Å²) >= 11 is 7.15. The number of Topliss-reactive ketones (excluding diaryl/α,β-unsaturated/α-hetero) is 1. The van der Waals surface area contributed by atoms with E-state index >= 15 is 4.79 Å². The molecule has 49 heavy (non-hydrogen) atoms. The van der Waals surface area contributed by atoms with Crippen molar-refractivity contribution in [2.45, 2.75) is 105 Å². The predicted octanol–water partition coefficient (Wildman–Crippen LogP) is 6.61. The van der Waals surface area contributed by atoms with Crippen molar-refractivity contribution in [3.05, 3.63) is 47.0 Å². The van der Waals surface area contributed by atoms with Crippen LogP contribution in [0.5, 0.6) is 0 Å². The maximum Gasteiger partial charge on any atom is 0.338 e. The standard InChI is InChI=1S/C37H54NO7S4/c1-8-25(43-33-46-16-17-47-33)20-28-26(22-42-28)36(38(5,6)7)21-27(39)30(44-34-48-18-19-49-34)29-23(2)14-15-37(41,35(29,3)4)32(36)45-31(40)24-12-10-9-11-13-24/h9-13,25-26,28,30,32-34,41H,8,14-22H2,1-7H3/q+1. The number of hydrogen-bond acceptors (Lipinski definition) is 11. The molecule has 7 atom stereocenters. The molecule has 1 N–H and O–H groups in total. The Morgan fingerprint density at radius 3 is 2.24 bits per heavy atom. The van der Waals surface area contributed by atoms with Crippen LogP contribution in [-0.4, -0.2) is 117 Å². The predicted molar refractivity (Wildman–Crippen MR) is 202 cm³/mol. The van der Waals surface area contributed by atoms with Crippen LogP contribution in [0.3, 0.4) is 0 Å². The molecule has 1 saturated carbocycles. The Bertz CT molecular complexity index is 1390. The van der Waals surface area contributed by atoms with Crippen LogP contribution in [0, 0.1) is 11.3 Å². The van der Waals surface area contributed by atoms with Crippen molar-refractivity contribution < 1.29 is 38.1 Å². The number of ether oxygens (including phenoxy) is 4. The van der Waals surface area contributed by atoms with E-state index < -0.39 is 34.7 Å². The average molecular weight is 753 g/mol. The summed E-state index contributed by atoms with van der Waals surface area (Å²) in [5.74, 6) is 3.39. The van der Waals surface area contributed by atoms with Crippen LogP contribution >= 0.6 is 47.0 Å². The second kappa shape index (κ2) is 15.0. The molecular weight excluding hydrogens is 699 g/mol. The second-order valence-electron chi connectivity index (χ2n) is 15.5. The molecular formula is C37H54NO7S4+. The molecule has 6 rings (SSSR count). The molecule has 3 heterocycles. The van der Waals surface area contributed by atoms with Crippen LogP contribution in [0.4, 0.5) is 0 Å². The summed E-state index contributed by atoms with van der Waals surface area (Å²) in [7, 11) is 6.23. The van der Waals surface area contributed by atoms with Crippen LogP contribution in [-0.2, 0) is 23.7 Å². The highest BCUT2D eigenvalue weighted by atomic mass is 32.2. The van der Waals surface area contributed by atoms with Gasteiger partial charge in [0.15, 0.2) is 22.2 Å². The molecule has 2 aliphatic carbocycles. The van der Waals surface area contributed by atoms with Crippen molar-refractivity contribution in [1.82, 2.24) is 0 Å². The first-order valence-electron chi connectivity index (χ1n) is 17.6. The zero-order valence-corrected chi connectivity index (χ0v) is 33.2. The number of nitrogens with zero attached hydrogens (tertiary/aromatic N) is 1. The van der Waals surface area contributed by atoms with Gasteiger partial charge in [-0.05, 0) is 43.9 Å². The molecule has 3 aliphatic heterocycles. The van der Waals surface area contributed by atoms with E-state index in [1.165, 1.54) is 0 Å². The van der Waals surface area contributed by atoms with Gasteiger partial charge in [-0.2, -0.15) is 0 Å². The maximum absolute atomic E-state index is 15.1. The molecule has 7 unspecified atom stereocenters. The molecule has 5 aliphatic rings. The van der Waals surface area contributed by atoms with Crippen LogP contribution in [0.2, 0.25) is 0 Å². The molecule has 1 aromatic carbocycles. The molecule has 12 heteroatoms. The Morgan fingerprint density at radius 1 is 1.04 bits per heavy atom. The SMILES string of the molecule is CCC(CC1OCC1C1([N+](C)(C)C)CC(=O)C(OC2SCCS2)C2=C(C)CCC(O)(C1OC(=O)c1ccccc1)C2(C)C)OC1SCCS1. The molecule has 0 amide bonds. The fourth-order valence-corrected chi connectivity index (χ4v) is 13.9. The number of hydrogen-bond donors (Lipinski definition) is 1. The third-order valence-corrected chi connectivity index (χ3v) is 17.2. The van der Waals surface area contributed by atoms with Crippen molar-refractivity contribution in [3.63, 3.8) is 0 Å².